The predicted molar refractivity (Wildman–Crippen MR) is 136 cm³/mol. The second-order valence-electron chi connectivity index (χ2n) is 9.56. The van der Waals surface area contributed by atoms with Crippen LogP contribution >= 0.6 is 0 Å². The minimum Gasteiger partial charge on any atom is -0.396 e. The molecule has 2 aliphatic rings. The quantitative estimate of drug-likeness (QED) is 0.517. The van der Waals surface area contributed by atoms with E-state index in [2.05, 4.69) is 65.4 Å². The maximum Gasteiger partial charge on any atom is 0.227 e. The van der Waals surface area contributed by atoms with E-state index < -0.39 is 0 Å². The monoisotopic (exact) mass is 443 g/mol. The molecular formula is C27H33N5O. The van der Waals surface area contributed by atoms with Gasteiger partial charge in [0, 0.05) is 53.9 Å². The molecule has 0 atom stereocenters. The van der Waals surface area contributed by atoms with Crippen molar-refractivity contribution in [3.05, 3.63) is 53.7 Å². The summed E-state index contributed by atoms with van der Waals surface area (Å²) in [7, 11) is 0. The molecule has 0 spiro atoms. The summed E-state index contributed by atoms with van der Waals surface area (Å²) in [4.78, 5) is 16.7. The fourth-order valence-electron chi connectivity index (χ4n) is 5.08. The van der Waals surface area contributed by atoms with E-state index >= 15 is 0 Å². The van der Waals surface area contributed by atoms with E-state index in [-0.39, 0.29) is 0 Å². The summed E-state index contributed by atoms with van der Waals surface area (Å²) < 4.78 is 0. The Labute approximate surface area is 195 Å². The van der Waals surface area contributed by atoms with Crippen LogP contribution in [0.3, 0.4) is 0 Å². The summed E-state index contributed by atoms with van der Waals surface area (Å²) in [6, 6.07) is 12.8. The van der Waals surface area contributed by atoms with Crippen molar-refractivity contribution in [3.63, 3.8) is 0 Å². The van der Waals surface area contributed by atoms with E-state index in [0.717, 1.165) is 60.7 Å². The van der Waals surface area contributed by atoms with Gasteiger partial charge in [-0.05, 0) is 67.3 Å². The summed E-state index contributed by atoms with van der Waals surface area (Å²) in [5.41, 5.74) is 6.81. The van der Waals surface area contributed by atoms with Crippen molar-refractivity contribution in [1.29, 1.82) is 0 Å². The highest BCUT2D eigenvalue weighted by Crippen LogP contribution is 2.31. The van der Waals surface area contributed by atoms with E-state index in [1.165, 1.54) is 29.7 Å². The third-order valence-corrected chi connectivity index (χ3v) is 6.94. The molecule has 172 valence electrons. The van der Waals surface area contributed by atoms with Gasteiger partial charge in [-0.3, -0.25) is 4.99 Å². The van der Waals surface area contributed by atoms with Gasteiger partial charge in [0.25, 0.3) is 0 Å². The van der Waals surface area contributed by atoms with Gasteiger partial charge in [-0.15, -0.1) is 0 Å². The molecule has 0 unspecified atom stereocenters. The summed E-state index contributed by atoms with van der Waals surface area (Å²) in [5, 5.41) is 13.5. The first-order valence-corrected chi connectivity index (χ1v) is 12.2. The van der Waals surface area contributed by atoms with Gasteiger partial charge in [0.15, 0.2) is 0 Å². The number of rotatable bonds is 7. The first kappa shape index (κ1) is 21.8. The number of aliphatic hydroxyl groups excluding tert-OH is 1. The molecule has 0 radical (unpaired) electrons. The third kappa shape index (κ3) is 4.58. The Hall–Kier alpha value is -2.99. The molecule has 2 aliphatic heterocycles. The Morgan fingerprint density at radius 2 is 1.88 bits per heavy atom. The number of anilines is 3. The van der Waals surface area contributed by atoms with Gasteiger partial charge in [-0.2, -0.15) is 0 Å². The Morgan fingerprint density at radius 1 is 1.09 bits per heavy atom. The van der Waals surface area contributed by atoms with E-state index in [0.29, 0.717) is 18.5 Å². The zero-order chi connectivity index (χ0) is 22.8. The lowest BCUT2D eigenvalue weighted by Crippen LogP contribution is -2.33. The van der Waals surface area contributed by atoms with Crippen LogP contribution in [0.2, 0.25) is 0 Å². The fraction of sp³-hybridized carbons (Fsp3) is 0.444. The first-order chi connectivity index (χ1) is 16.1. The number of nitrogens with one attached hydrogen (secondary N) is 1. The number of fused-ring (bicyclic) bond motifs is 3. The smallest absolute Gasteiger partial charge is 0.227 e. The SMILES string of the molecule is CC(C)C1=NCc2ccc3cnc(Nc4ccc(N5CCC(CCCO)CC5)cc4)nc3c21. The van der Waals surface area contributed by atoms with Crippen molar-refractivity contribution in [3.8, 4) is 0 Å². The van der Waals surface area contributed by atoms with Crippen molar-refractivity contribution in [2.24, 2.45) is 16.8 Å². The van der Waals surface area contributed by atoms with Crippen LogP contribution in [-0.2, 0) is 6.54 Å². The molecular weight excluding hydrogens is 410 g/mol. The Bertz CT molecular complexity index is 1150. The molecule has 5 rings (SSSR count). The third-order valence-electron chi connectivity index (χ3n) is 6.94. The molecule has 3 aromatic rings. The van der Waals surface area contributed by atoms with Crippen molar-refractivity contribution in [1.82, 2.24) is 9.97 Å². The lowest BCUT2D eigenvalue weighted by atomic mass is 9.92. The lowest BCUT2D eigenvalue weighted by molar-refractivity contribution is 0.261. The maximum absolute atomic E-state index is 9.05. The van der Waals surface area contributed by atoms with E-state index in [1.54, 1.807) is 0 Å². The highest BCUT2D eigenvalue weighted by atomic mass is 16.2. The molecule has 3 heterocycles. The maximum atomic E-state index is 9.05. The van der Waals surface area contributed by atoms with Crippen LogP contribution in [0.1, 0.15) is 50.7 Å². The topological polar surface area (TPSA) is 73.6 Å². The molecule has 6 nitrogen and oxygen atoms in total. The van der Waals surface area contributed by atoms with Crippen molar-refractivity contribution in [2.45, 2.75) is 46.1 Å². The van der Waals surface area contributed by atoms with Gasteiger partial charge in [-0.25, -0.2) is 9.97 Å². The van der Waals surface area contributed by atoms with E-state index in [1.807, 2.05) is 6.20 Å². The summed E-state index contributed by atoms with van der Waals surface area (Å²) in [5.74, 6) is 1.74. The lowest BCUT2D eigenvalue weighted by Gasteiger charge is -2.33. The Balaban J connectivity index is 1.30. The zero-order valence-corrected chi connectivity index (χ0v) is 19.6. The molecule has 33 heavy (non-hydrogen) atoms. The highest BCUT2D eigenvalue weighted by molar-refractivity contribution is 6.13. The van der Waals surface area contributed by atoms with Crippen molar-refractivity contribution < 1.29 is 5.11 Å². The number of piperidine rings is 1. The van der Waals surface area contributed by atoms with Gasteiger partial charge < -0.3 is 15.3 Å². The average Bonchev–Trinajstić information content (AvgIpc) is 3.29. The fourth-order valence-corrected chi connectivity index (χ4v) is 5.08. The molecule has 0 aliphatic carbocycles. The summed E-state index contributed by atoms with van der Waals surface area (Å²) in [6.07, 6.45) is 6.38. The number of aliphatic hydroxyl groups is 1. The number of hydrogen-bond acceptors (Lipinski definition) is 6. The molecule has 0 saturated carbocycles. The largest absolute Gasteiger partial charge is 0.396 e. The van der Waals surface area contributed by atoms with Gasteiger partial charge in [-0.1, -0.05) is 26.0 Å². The molecule has 1 aromatic heterocycles. The molecule has 1 fully saturated rings. The Kier molecular flexibility index (Phi) is 6.27. The molecule has 6 heteroatoms. The highest BCUT2D eigenvalue weighted by Gasteiger charge is 2.22. The van der Waals surface area contributed by atoms with Gasteiger partial charge in [0.2, 0.25) is 5.95 Å². The van der Waals surface area contributed by atoms with Crippen LogP contribution < -0.4 is 10.2 Å². The number of nitrogens with zero attached hydrogens (tertiary/aromatic N) is 4. The van der Waals surface area contributed by atoms with Gasteiger partial charge in [0.1, 0.15) is 0 Å². The normalized spacial score (nSPS) is 16.4. The number of hydrogen-bond donors (Lipinski definition) is 2. The van der Waals surface area contributed by atoms with Gasteiger partial charge >= 0.3 is 0 Å². The van der Waals surface area contributed by atoms with Crippen LogP contribution in [0.15, 0.2) is 47.6 Å². The molecule has 1 saturated heterocycles. The van der Waals surface area contributed by atoms with Gasteiger partial charge in [0.05, 0.1) is 12.1 Å². The second kappa shape index (κ2) is 9.48. The first-order valence-electron chi connectivity index (χ1n) is 12.2. The minimum absolute atomic E-state index is 0.310. The Morgan fingerprint density at radius 3 is 2.61 bits per heavy atom. The zero-order valence-electron chi connectivity index (χ0n) is 19.6. The average molecular weight is 444 g/mol. The predicted octanol–water partition coefficient (Wildman–Crippen LogP) is 5.32. The van der Waals surface area contributed by atoms with Crippen LogP contribution in [0.5, 0.6) is 0 Å². The van der Waals surface area contributed by atoms with Crippen LogP contribution in [0.25, 0.3) is 10.9 Å². The molecule has 2 aromatic carbocycles. The van der Waals surface area contributed by atoms with Crippen molar-refractivity contribution in [2.75, 3.05) is 29.9 Å². The van der Waals surface area contributed by atoms with E-state index in [9.17, 15) is 0 Å². The summed E-state index contributed by atoms with van der Waals surface area (Å²) in [6.45, 7) is 7.60. The number of aliphatic imine (C=N–C) groups is 1. The van der Waals surface area contributed by atoms with Crippen LogP contribution in [0.4, 0.5) is 17.3 Å². The minimum atomic E-state index is 0.310. The second-order valence-corrected chi connectivity index (χ2v) is 9.56. The molecule has 0 amide bonds. The molecule has 2 N–H and O–H groups in total. The number of benzene rings is 2. The number of aromatic nitrogens is 2. The summed E-state index contributed by atoms with van der Waals surface area (Å²) >= 11 is 0. The van der Waals surface area contributed by atoms with Crippen LogP contribution in [-0.4, -0.2) is 40.5 Å². The molecule has 0 bridgehead atoms. The van der Waals surface area contributed by atoms with Crippen molar-refractivity contribution >= 4 is 33.9 Å². The van der Waals surface area contributed by atoms with Crippen LogP contribution in [0, 0.1) is 11.8 Å². The standard InChI is InChI=1S/C27H33N5O/c1-18(2)25-24-20(16-28-25)5-6-21-17-29-27(31-26(21)24)30-22-7-9-23(10-8-22)32-13-11-19(12-14-32)4-3-15-33/h5-10,17-19,33H,3-4,11-16H2,1-2H3,(H,29,30,31). The van der Waals surface area contributed by atoms with E-state index in [4.69, 9.17) is 15.1 Å².